The zero-order valence-electron chi connectivity index (χ0n) is 15.8. The van der Waals surface area contributed by atoms with Crippen molar-refractivity contribution in [2.45, 2.75) is 18.4 Å². The van der Waals surface area contributed by atoms with Crippen LogP contribution in [0.1, 0.15) is 21.8 Å². The predicted molar refractivity (Wildman–Crippen MR) is 104 cm³/mol. The van der Waals surface area contributed by atoms with Gasteiger partial charge < -0.3 is 9.26 Å². The fraction of sp³-hybridized carbons (Fsp3) is 0.150. The first kappa shape index (κ1) is 21.2. The van der Waals surface area contributed by atoms with Crippen molar-refractivity contribution in [2.75, 3.05) is 6.54 Å². The Bertz CT molecular complexity index is 1210. The molecule has 0 saturated heterocycles. The number of ether oxygens (including phenoxy) is 1. The molecule has 3 rings (SSSR count). The number of halogens is 1. The Hall–Kier alpha value is -3.55. The third kappa shape index (κ3) is 4.89. The number of aryl methyl sites for hydroxylation is 1. The van der Waals surface area contributed by atoms with E-state index in [1.54, 1.807) is 19.1 Å². The quantitative estimate of drug-likeness (QED) is 0.454. The van der Waals surface area contributed by atoms with Crippen molar-refractivity contribution in [1.29, 1.82) is 0 Å². The number of nitrogens with zero attached hydrogens (tertiary/aromatic N) is 2. The molecule has 0 bridgehead atoms. The molecule has 0 radical (unpaired) electrons. The molecule has 0 aliphatic carbocycles. The average molecular weight is 429 g/mol. The molecule has 2 aromatic carbocycles. The zero-order valence-corrected chi connectivity index (χ0v) is 16.6. The minimum Gasteiger partial charge on any atom is -0.452 e. The van der Waals surface area contributed by atoms with Gasteiger partial charge in [0, 0.05) is 5.56 Å². The lowest BCUT2D eigenvalue weighted by molar-refractivity contribution is 0.0429. The molecule has 10 heteroatoms. The van der Waals surface area contributed by atoms with Crippen molar-refractivity contribution < 1.29 is 26.9 Å². The maximum atomic E-state index is 13.7. The highest BCUT2D eigenvalue weighted by Gasteiger charge is 2.16. The van der Waals surface area contributed by atoms with Gasteiger partial charge in [0.05, 0.1) is 17.0 Å². The standard InChI is InChI=1S/C20H16FN3O5S/c1-3-10-22-30(26,27)16-8-6-14(7-9-16)20(25)28-12-18-23-19(24-29-18)15-5-4-13(2)17(21)11-15/h1,4-9,11,22H,10,12H2,2H3. The van der Waals surface area contributed by atoms with Gasteiger partial charge in [-0.3, -0.25) is 0 Å². The SMILES string of the molecule is C#CCNS(=O)(=O)c1ccc(C(=O)OCc2nc(-c3ccc(C)c(F)c3)no2)cc1. The van der Waals surface area contributed by atoms with Crippen LogP contribution in [0.15, 0.2) is 51.9 Å². The Labute approximate surface area is 172 Å². The Morgan fingerprint density at radius 3 is 2.67 bits per heavy atom. The number of sulfonamides is 1. The van der Waals surface area contributed by atoms with E-state index >= 15 is 0 Å². The number of hydrogen-bond donors (Lipinski definition) is 1. The molecule has 154 valence electrons. The van der Waals surface area contributed by atoms with Crippen LogP contribution in [-0.2, 0) is 21.4 Å². The average Bonchev–Trinajstić information content (AvgIpc) is 3.21. The highest BCUT2D eigenvalue weighted by molar-refractivity contribution is 7.89. The molecule has 0 aliphatic rings. The van der Waals surface area contributed by atoms with Crippen molar-refractivity contribution in [1.82, 2.24) is 14.9 Å². The number of carbonyl (C=O) groups excluding carboxylic acids is 1. The summed E-state index contributed by atoms with van der Waals surface area (Å²) in [5.41, 5.74) is 1.04. The first-order valence-electron chi connectivity index (χ1n) is 8.59. The van der Waals surface area contributed by atoms with Gasteiger partial charge in [-0.05, 0) is 42.8 Å². The van der Waals surface area contributed by atoms with Crippen molar-refractivity contribution in [3.8, 4) is 23.7 Å². The van der Waals surface area contributed by atoms with E-state index in [1.807, 2.05) is 0 Å². The zero-order chi connectivity index (χ0) is 21.7. The van der Waals surface area contributed by atoms with E-state index in [-0.39, 0.29) is 35.3 Å². The topological polar surface area (TPSA) is 111 Å². The van der Waals surface area contributed by atoms with Gasteiger partial charge in [-0.25, -0.2) is 17.6 Å². The van der Waals surface area contributed by atoms with E-state index in [0.717, 1.165) is 0 Å². The van der Waals surface area contributed by atoms with Gasteiger partial charge in [0.2, 0.25) is 15.8 Å². The smallest absolute Gasteiger partial charge is 0.338 e. The molecule has 0 fully saturated rings. The van der Waals surface area contributed by atoms with Crippen molar-refractivity contribution in [3.63, 3.8) is 0 Å². The summed E-state index contributed by atoms with van der Waals surface area (Å²) < 4.78 is 49.9. The maximum Gasteiger partial charge on any atom is 0.338 e. The van der Waals surface area contributed by atoms with Crippen LogP contribution in [0, 0.1) is 25.1 Å². The Morgan fingerprint density at radius 1 is 1.27 bits per heavy atom. The van der Waals surface area contributed by atoms with Gasteiger partial charge in [0.1, 0.15) is 5.82 Å². The number of nitrogens with one attached hydrogen (secondary N) is 1. The number of esters is 1. The van der Waals surface area contributed by atoms with Crippen molar-refractivity contribution in [3.05, 3.63) is 65.3 Å². The molecule has 0 unspecified atom stereocenters. The third-order valence-corrected chi connectivity index (χ3v) is 5.41. The lowest BCUT2D eigenvalue weighted by Crippen LogP contribution is -2.23. The number of carbonyl (C=O) groups is 1. The molecule has 1 heterocycles. The molecule has 3 aromatic rings. The number of benzene rings is 2. The summed E-state index contributed by atoms with van der Waals surface area (Å²) in [6.45, 7) is 1.19. The lowest BCUT2D eigenvalue weighted by Gasteiger charge is -2.05. The van der Waals surface area contributed by atoms with E-state index < -0.39 is 21.8 Å². The fourth-order valence-corrected chi connectivity index (χ4v) is 3.30. The van der Waals surface area contributed by atoms with Crippen LogP contribution >= 0.6 is 0 Å². The lowest BCUT2D eigenvalue weighted by atomic mass is 10.1. The molecular formula is C20H16FN3O5S. The second kappa shape index (κ2) is 8.86. The van der Waals surface area contributed by atoms with Gasteiger partial charge in [-0.1, -0.05) is 23.2 Å². The minimum atomic E-state index is -3.75. The molecule has 1 aromatic heterocycles. The van der Waals surface area contributed by atoms with E-state index in [4.69, 9.17) is 15.7 Å². The molecule has 0 aliphatic heterocycles. The monoisotopic (exact) mass is 429 g/mol. The van der Waals surface area contributed by atoms with E-state index in [1.165, 1.54) is 30.3 Å². The molecule has 1 N–H and O–H groups in total. The molecule has 0 saturated carbocycles. The highest BCUT2D eigenvalue weighted by Crippen LogP contribution is 2.19. The summed E-state index contributed by atoms with van der Waals surface area (Å²) in [6.07, 6.45) is 5.03. The summed E-state index contributed by atoms with van der Waals surface area (Å²) in [6, 6.07) is 9.64. The van der Waals surface area contributed by atoms with Gasteiger partial charge in [-0.15, -0.1) is 6.42 Å². The second-order valence-electron chi connectivity index (χ2n) is 6.10. The largest absolute Gasteiger partial charge is 0.452 e. The first-order valence-corrected chi connectivity index (χ1v) is 10.1. The van der Waals surface area contributed by atoms with E-state index in [9.17, 15) is 17.6 Å². The van der Waals surface area contributed by atoms with Crippen molar-refractivity contribution in [2.24, 2.45) is 0 Å². The molecular weight excluding hydrogens is 413 g/mol. The van der Waals surface area contributed by atoms with Crippen molar-refractivity contribution >= 4 is 16.0 Å². The van der Waals surface area contributed by atoms with Crippen LogP contribution in [0.5, 0.6) is 0 Å². The summed E-state index contributed by atoms with van der Waals surface area (Å²) in [7, 11) is -3.75. The van der Waals surface area contributed by atoms with Crippen LogP contribution in [-0.4, -0.2) is 31.1 Å². The molecule has 0 atom stereocenters. The molecule has 0 spiro atoms. The summed E-state index contributed by atoms with van der Waals surface area (Å²) in [4.78, 5) is 16.2. The normalized spacial score (nSPS) is 11.1. The van der Waals surface area contributed by atoms with Gasteiger partial charge in [0.15, 0.2) is 6.61 Å². The van der Waals surface area contributed by atoms with Crippen LogP contribution in [0.25, 0.3) is 11.4 Å². The predicted octanol–water partition coefficient (Wildman–Crippen LogP) is 2.45. The Morgan fingerprint density at radius 2 is 2.00 bits per heavy atom. The maximum absolute atomic E-state index is 13.7. The van der Waals surface area contributed by atoms with E-state index in [2.05, 4.69) is 20.8 Å². The number of hydrogen-bond acceptors (Lipinski definition) is 7. The molecule has 0 amide bonds. The fourth-order valence-electron chi connectivity index (χ4n) is 2.36. The number of aromatic nitrogens is 2. The van der Waals surface area contributed by atoms with Crippen LogP contribution in [0.3, 0.4) is 0 Å². The minimum absolute atomic E-state index is 0.0250. The number of rotatable bonds is 7. The Kier molecular flexibility index (Phi) is 6.25. The number of terminal acetylenes is 1. The Balaban J connectivity index is 1.63. The van der Waals surface area contributed by atoms with E-state index in [0.29, 0.717) is 11.1 Å². The molecule has 8 nitrogen and oxygen atoms in total. The van der Waals surface area contributed by atoms with Crippen LogP contribution < -0.4 is 4.72 Å². The van der Waals surface area contributed by atoms with Gasteiger partial charge >= 0.3 is 5.97 Å². The third-order valence-electron chi connectivity index (χ3n) is 3.99. The first-order chi connectivity index (χ1) is 14.3. The summed E-state index contributed by atoms with van der Waals surface area (Å²) in [5.74, 6) is 1.25. The van der Waals surface area contributed by atoms with Gasteiger partial charge in [-0.2, -0.15) is 9.71 Å². The van der Waals surface area contributed by atoms with Crippen LogP contribution in [0.2, 0.25) is 0 Å². The van der Waals surface area contributed by atoms with Crippen LogP contribution in [0.4, 0.5) is 4.39 Å². The molecule has 30 heavy (non-hydrogen) atoms. The van der Waals surface area contributed by atoms with Gasteiger partial charge in [0.25, 0.3) is 5.89 Å². The summed E-state index contributed by atoms with van der Waals surface area (Å²) >= 11 is 0. The summed E-state index contributed by atoms with van der Waals surface area (Å²) in [5, 5.41) is 3.74. The highest BCUT2D eigenvalue weighted by atomic mass is 32.2. The second-order valence-corrected chi connectivity index (χ2v) is 7.87.